The van der Waals surface area contributed by atoms with Gasteiger partial charge in [0.05, 0.1) is 18.8 Å². The van der Waals surface area contributed by atoms with Gasteiger partial charge in [0, 0.05) is 13.5 Å². The highest BCUT2D eigenvalue weighted by Gasteiger charge is 2.41. The lowest BCUT2D eigenvalue weighted by molar-refractivity contribution is -0.131. The first-order valence-electron chi connectivity index (χ1n) is 6.52. The van der Waals surface area contributed by atoms with Gasteiger partial charge in [-0.25, -0.2) is 0 Å². The summed E-state index contributed by atoms with van der Waals surface area (Å²) in [6.45, 7) is 2.21. The zero-order valence-corrected chi connectivity index (χ0v) is 11.3. The van der Waals surface area contributed by atoms with Crippen molar-refractivity contribution >= 4 is 0 Å². The van der Waals surface area contributed by atoms with Crippen LogP contribution in [0.15, 0.2) is 0 Å². The van der Waals surface area contributed by atoms with Crippen LogP contribution in [0.4, 0.5) is 0 Å². The van der Waals surface area contributed by atoms with Gasteiger partial charge >= 0.3 is 0 Å². The van der Waals surface area contributed by atoms with Gasteiger partial charge in [-0.2, -0.15) is 4.80 Å². The number of aliphatic hydroxyl groups excluding tert-OH is 1. The van der Waals surface area contributed by atoms with Gasteiger partial charge in [-0.15, -0.1) is 10.2 Å². The third-order valence-corrected chi connectivity index (χ3v) is 3.93. The lowest BCUT2D eigenvalue weighted by Crippen LogP contribution is -2.48. The van der Waals surface area contributed by atoms with Crippen LogP contribution in [0.5, 0.6) is 0 Å². The summed E-state index contributed by atoms with van der Waals surface area (Å²) >= 11 is 0. The summed E-state index contributed by atoms with van der Waals surface area (Å²) in [7, 11) is 3.41. The second-order valence-corrected chi connectivity index (χ2v) is 5.39. The molecule has 0 amide bonds. The smallest absolute Gasteiger partial charge is 0.177 e. The molecule has 1 heterocycles. The van der Waals surface area contributed by atoms with Crippen molar-refractivity contribution in [1.82, 2.24) is 20.2 Å². The lowest BCUT2D eigenvalue weighted by Gasteiger charge is -2.42. The molecule has 0 saturated heterocycles. The molecule has 3 unspecified atom stereocenters. The molecule has 0 aromatic carbocycles. The van der Waals surface area contributed by atoms with E-state index in [0.29, 0.717) is 18.2 Å². The zero-order chi connectivity index (χ0) is 13.2. The number of hydrogen-bond donors (Lipinski definition) is 1. The summed E-state index contributed by atoms with van der Waals surface area (Å²) < 4.78 is 5.66. The van der Waals surface area contributed by atoms with Crippen LogP contribution in [-0.2, 0) is 18.2 Å². The second-order valence-electron chi connectivity index (χ2n) is 5.39. The fourth-order valence-electron chi connectivity index (χ4n) is 2.93. The maximum atomic E-state index is 10.5. The standard InChI is InChI=1S/C12H22N4O2/c1-9-5-4-6-12(8-9,18-3)10(17)7-11-13-15-16(2)14-11/h9-10,17H,4-8H2,1-3H3. The number of methoxy groups -OCH3 is 1. The molecule has 6 heteroatoms. The topological polar surface area (TPSA) is 73.1 Å². The Morgan fingerprint density at radius 1 is 1.61 bits per heavy atom. The van der Waals surface area contributed by atoms with Crippen LogP contribution in [-0.4, -0.2) is 44.1 Å². The lowest BCUT2D eigenvalue weighted by atomic mass is 9.75. The van der Waals surface area contributed by atoms with E-state index in [1.807, 2.05) is 0 Å². The van der Waals surface area contributed by atoms with Crippen LogP contribution < -0.4 is 0 Å². The summed E-state index contributed by atoms with van der Waals surface area (Å²) in [5.41, 5.74) is -0.448. The molecule has 0 aliphatic heterocycles. The van der Waals surface area contributed by atoms with E-state index in [1.165, 1.54) is 11.2 Å². The van der Waals surface area contributed by atoms with E-state index < -0.39 is 11.7 Å². The van der Waals surface area contributed by atoms with E-state index in [4.69, 9.17) is 4.74 Å². The molecule has 1 fully saturated rings. The predicted octanol–water partition coefficient (Wildman–Crippen LogP) is 0.709. The number of nitrogens with zero attached hydrogens (tertiary/aromatic N) is 4. The predicted molar refractivity (Wildman–Crippen MR) is 65.9 cm³/mol. The minimum Gasteiger partial charge on any atom is -0.390 e. The van der Waals surface area contributed by atoms with Gasteiger partial charge in [-0.05, 0) is 24.0 Å². The number of tetrazole rings is 1. The number of ether oxygens (including phenoxy) is 1. The number of aryl methyl sites for hydroxylation is 1. The van der Waals surface area contributed by atoms with E-state index in [2.05, 4.69) is 22.3 Å². The largest absolute Gasteiger partial charge is 0.390 e. The Hall–Kier alpha value is -1.01. The van der Waals surface area contributed by atoms with Crippen LogP contribution in [0, 0.1) is 5.92 Å². The number of hydrogen-bond acceptors (Lipinski definition) is 5. The van der Waals surface area contributed by atoms with E-state index in [9.17, 15) is 5.11 Å². The monoisotopic (exact) mass is 254 g/mol. The van der Waals surface area contributed by atoms with Crippen molar-refractivity contribution < 1.29 is 9.84 Å². The van der Waals surface area contributed by atoms with Gasteiger partial charge in [-0.3, -0.25) is 0 Å². The average molecular weight is 254 g/mol. The average Bonchev–Trinajstić information content (AvgIpc) is 2.74. The van der Waals surface area contributed by atoms with Crippen LogP contribution in [0.1, 0.15) is 38.4 Å². The Morgan fingerprint density at radius 3 is 2.94 bits per heavy atom. The molecular formula is C12H22N4O2. The molecule has 1 aromatic heterocycles. The summed E-state index contributed by atoms with van der Waals surface area (Å²) in [6, 6.07) is 0. The summed E-state index contributed by atoms with van der Waals surface area (Å²) in [5.74, 6) is 1.16. The highest BCUT2D eigenvalue weighted by Crippen LogP contribution is 2.37. The quantitative estimate of drug-likeness (QED) is 0.856. The first kappa shape index (κ1) is 13.4. The molecule has 0 bridgehead atoms. The van der Waals surface area contributed by atoms with Crippen LogP contribution in [0.2, 0.25) is 0 Å². The number of aromatic nitrogens is 4. The van der Waals surface area contributed by atoms with Crippen LogP contribution >= 0.6 is 0 Å². The van der Waals surface area contributed by atoms with Gasteiger partial charge in [0.1, 0.15) is 0 Å². The number of aliphatic hydroxyl groups is 1. The molecule has 6 nitrogen and oxygen atoms in total. The Morgan fingerprint density at radius 2 is 2.39 bits per heavy atom. The van der Waals surface area contributed by atoms with Crippen molar-refractivity contribution in [1.29, 1.82) is 0 Å². The van der Waals surface area contributed by atoms with E-state index >= 15 is 0 Å². The van der Waals surface area contributed by atoms with Gasteiger partial charge in [0.25, 0.3) is 0 Å². The Balaban J connectivity index is 2.07. The molecule has 0 radical (unpaired) electrons. The third-order valence-electron chi connectivity index (χ3n) is 3.93. The van der Waals surface area contributed by atoms with E-state index in [1.54, 1.807) is 14.2 Å². The van der Waals surface area contributed by atoms with Gasteiger partial charge in [0.15, 0.2) is 5.82 Å². The van der Waals surface area contributed by atoms with Crippen molar-refractivity contribution in [3.8, 4) is 0 Å². The Labute approximate surface area is 107 Å². The first-order chi connectivity index (χ1) is 8.55. The van der Waals surface area contributed by atoms with Crippen LogP contribution in [0.3, 0.4) is 0 Å². The molecule has 1 aromatic rings. The van der Waals surface area contributed by atoms with Crippen molar-refractivity contribution in [3.05, 3.63) is 5.82 Å². The molecule has 1 aliphatic rings. The van der Waals surface area contributed by atoms with Gasteiger partial charge in [0.2, 0.25) is 0 Å². The first-order valence-corrected chi connectivity index (χ1v) is 6.52. The second kappa shape index (κ2) is 5.32. The summed E-state index contributed by atoms with van der Waals surface area (Å²) in [4.78, 5) is 1.41. The fourth-order valence-corrected chi connectivity index (χ4v) is 2.93. The van der Waals surface area contributed by atoms with Gasteiger partial charge in [-0.1, -0.05) is 19.8 Å². The van der Waals surface area contributed by atoms with Crippen LogP contribution in [0.25, 0.3) is 0 Å². The molecule has 18 heavy (non-hydrogen) atoms. The molecule has 102 valence electrons. The fraction of sp³-hybridized carbons (Fsp3) is 0.917. The number of rotatable bonds is 4. The van der Waals surface area contributed by atoms with Crippen molar-refractivity contribution in [2.24, 2.45) is 13.0 Å². The molecule has 1 aliphatic carbocycles. The molecule has 2 rings (SSSR count). The molecule has 1 N–H and O–H groups in total. The van der Waals surface area contributed by atoms with Gasteiger partial charge < -0.3 is 9.84 Å². The Kier molecular flexibility index (Phi) is 3.97. The molecule has 1 saturated carbocycles. The normalized spacial score (nSPS) is 30.3. The maximum Gasteiger partial charge on any atom is 0.177 e. The molecular weight excluding hydrogens is 232 g/mol. The highest BCUT2D eigenvalue weighted by molar-refractivity contribution is 4.97. The summed E-state index contributed by atoms with van der Waals surface area (Å²) in [5, 5.41) is 22.3. The minimum atomic E-state index is -0.575. The third kappa shape index (κ3) is 2.70. The molecule has 3 atom stereocenters. The van der Waals surface area contributed by atoms with Crippen molar-refractivity contribution in [2.45, 2.75) is 50.7 Å². The minimum absolute atomic E-state index is 0.397. The Bertz CT molecular complexity index is 395. The van der Waals surface area contributed by atoms with E-state index in [-0.39, 0.29) is 0 Å². The molecule has 0 spiro atoms. The maximum absolute atomic E-state index is 10.5. The zero-order valence-electron chi connectivity index (χ0n) is 11.3. The summed E-state index contributed by atoms with van der Waals surface area (Å²) in [6.07, 6.45) is 3.92. The highest BCUT2D eigenvalue weighted by atomic mass is 16.5. The SMILES string of the molecule is COC1(C(O)Cc2nnn(C)n2)CCCC(C)C1. The van der Waals surface area contributed by atoms with E-state index in [0.717, 1.165) is 19.3 Å². The van der Waals surface area contributed by atoms with Crippen molar-refractivity contribution in [2.75, 3.05) is 7.11 Å². The van der Waals surface area contributed by atoms with Crippen molar-refractivity contribution in [3.63, 3.8) is 0 Å².